The third kappa shape index (κ3) is 3.37. The second kappa shape index (κ2) is 5.79. The number of rotatable bonds is 5. The predicted molar refractivity (Wildman–Crippen MR) is 74.6 cm³/mol. The fourth-order valence-electron chi connectivity index (χ4n) is 1.73. The molecule has 1 aromatic heterocycles. The Kier molecular flexibility index (Phi) is 4.24. The summed E-state index contributed by atoms with van der Waals surface area (Å²) in [4.78, 5) is 10.6. The zero-order chi connectivity index (χ0) is 15.6. The summed E-state index contributed by atoms with van der Waals surface area (Å²) in [5, 5.41) is 9.00. The van der Waals surface area contributed by atoms with Gasteiger partial charge in [-0.3, -0.25) is 0 Å². The molecule has 0 aliphatic rings. The molecule has 1 N–H and O–H groups in total. The summed E-state index contributed by atoms with van der Waals surface area (Å²) in [5.41, 5.74) is 0. The van der Waals surface area contributed by atoms with Crippen molar-refractivity contribution in [2.75, 3.05) is 7.11 Å². The fraction of sp³-hybridized carbons (Fsp3) is 0.154. The lowest BCUT2D eigenvalue weighted by Crippen LogP contribution is -2.06. The number of aromatic carboxylic acids is 1. The normalized spacial score (nSPS) is 11.3. The van der Waals surface area contributed by atoms with E-state index in [9.17, 15) is 13.2 Å². The highest BCUT2D eigenvalue weighted by atomic mass is 35.5. The molecule has 2 rings (SSSR count). The molecule has 0 atom stereocenters. The van der Waals surface area contributed by atoms with Crippen LogP contribution in [-0.2, 0) is 15.6 Å². The minimum atomic E-state index is -3.79. The SMILES string of the molecule is COc1ccc(Cl)cc1S(=O)(=O)Cc1ccc(C(=O)O)o1. The minimum Gasteiger partial charge on any atom is -0.495 e. The Labute approximate surface area is 125 Å². The molecule has 0 radical (unpaired) electrons. The Balaban J connectivity index is 2.38. The number of sulfone groups is 1. The van der Waals surface area contributed by atoms with Crippen molar-refractivity contribution in [2.24, 2.45) is 0 Å². The quantitative estimate of drug-likeness (QED) is 0.905. The van der Waals surface area contributed by atoms with E-state index in [0.717, 1.165) is 0 Å². The van der Waals surface area contributed by atoms with Crippen LogP contribution in [-0.4, -0.2) is 26.6 Å². The molecule has 6 nitrogen and oxygen atoms in total. The molecule has 112 valence electrons. The molecule has 1 heterocycles. The van der Waals surface area contributed by atoms with E-state index in [0.29, 0.717) is 0 Å². The van der Waals surface area contributed by atoms with Crippen molar-refractivity contribution in [1.29, 1.82) is 0 Å². The van der Waals surface area contributed by atoms with Crippen LogP contribution in [0.4, 0.5) is 0 Å². The van der Waals surface area contributed by atoms with E-state index in [-0.39, 0.29) is 27.2 Å². The van der Waals surface area contributed by atoms with Gasteiger partial charge in [0.05, 0.1) is 7.11 Å². The standard InChI is InChI=1S/C13H11ClO6S/c1-19-10-4-2-8(14)6-12(10)21(17,18)7-9-3-5-11(20-9)13(15)16/h2-6H,7H2,1H3,(H,15,16). The van der Waals surface area contributed by atoms with Gasteiger partial charge >= 0.3 is 5.97 Å². The molecule has 0 saturated carbocycles. The van der Waals surface area contributed by atoms with Crippen LogP contribution < -0.4 is 4.74 Å². The molecule has 8 heteroatoms. The van der Waals surface area contributed by atoms with Crippen molar-refractivity contribution in [3.05, 3.63) is 46.9 Å². The van der Waals surface area contributed by atoms with Gasteiger partial charge in [-0.15, -0.1) is 0 Å². The maximum Gasteiger partial charge on any atom is 0.371 e. The first-order valence-electron chi connectivity index (χ1n) is 5.72. The Morgan fingerprint density at radius 1 is 1.33 bits per heavy atom. The lowest BCUT2D eigenvalue weighted by Gasteiger charge is -2.09. The molecular weight excluding hydrogens is 320 g/mol. The van der Waals surface area contributed by atoms with Crippen molar-refractivity contribution in [3.63, 3.8) is 0 Å². The topological polar surface area (TPSA) is 93.8 Å². The molecule has 21 heavy (non-hydrogen) atoms. The van der Waals surface area contributed by atoms with Gasteiger partial charge in [-0.1, -0.05) is 11.6 Å². The molecule has 0 amide bonds. The van der Waals surface area contributed by atoms with E-state index in [1.54, 1.807) is 0 Å². The third-order valence-corrected chi connectivity index (χ3v) is 4.55. The molecule has 2 aromatic rings. The smallest absolute Gasteiger partial charge is 0.371 e. The summed E-state index contributed by atoms with van der Waals surface area (Å²) in [6.45, 7) is 0. The summed E-state index contributed by atoms with van der Waals surface area (Å²) in [6, 6.07) is 6.73. The van der Waals surface area contributed by atoms with Gasteiger partial charge in [0.15, 0.2) is 9.84 Å². The van der Waals surface area contributed by atoms with Gasteiger partial charge in [-0.05, 0) is 30.3 Å². The third-order valence-electron chi connectivity index (χ3n) is 2.67. The Bertz CT molecular complexity index is 778. The van der Waals surface area contributed by atoms with Crippen molar-refractivity contribution in [1.82, 2.24) is 0 Å². The molecule has 1 aromatic carbocycles. The number of furan rings is 1. The highest BCUT2D eigenvalue weighted by Gasteiger charge is 2.23. The Hall–Kier alpha value is -1.99. The van der Waals surface area contributed by atoms with Crippen molar-refractivity contribution >= 4 is 27.4 Å². The van der Waals surface area contributed by atoms with Crippen LogP contribution in [0.1, 0.15) is 16.3 Å². The predicted octanol–water partition coefficient (Wildman–Crippen LogP) is 2.61. The number of benzene rings is 1. The average Bonchev–Trinajstić information content (AvgIpc) is 2.86. The van der Waals surface area contributed by atoms with Crippen LogP contribution in [0.2, 0.25) is 5.02 Å². The average molecular weight is 331 g/mol. The van der Waals surface area contributed by atoms with Crippen LogP contribution in [0, 0.1) is 0 Å². The first kappa shape index (κ1) is 15.4. The van der Waals surface area contributed by atoms with Gasteiger partial charge < -0.3 is 14.3 Å². The van der Waals surface area contributed by atoms with Gasteiger partial charge in [0, 0.05) is 5.02 Å². The number of methoxy groups -OCH3 is 1. The van der Waals surface area contributed by atoms with Gasteiger partial charge in [-0.2, -0.15) is 0 Å². The number of halogens is 1. The molecule has 0 bridgehead atoms. The van der Waals surface area contributed by atoms with E-state index >= 15 is 0 Å². The fourth-order valence-corrected chi connectivity index (χ4v) is 3.42. The number of hydrogen-bond acceptors (Lipinski definition) is 5. The summed E-state index contributed by atoms with van der Waals surface area (Å²) < 4.78 is 34.7. The van der Waals surface area contributed by atoms with Gasteiger partial charge in [-0.25, -0.2) is 13.2 Å². The summed E-state index contributed by atoms with van der Waals surface area (Å²) in [5.74, 6) is -1.90. The number of carboxylic acids is 1. The molecule has 0 aliphatic carbocycles. The van der Waals surface area contributed by atoms with Crippen molar-refractivity contribution in [2.45, 2.75) is 10.6 Å². The van der Waals surface area contributed by atoms with Gasteiger partial charge in [0.2, 0.25) is 5.76 Å². The van der Waals surface area contributed by atoms with E-state index < -0.39 is 21.6 Å². The van der Waals surface area contributed by atoms with E-state index in [2.05, 4.69) is 0 Å². The van der Waals surface area contributed by atoms with E-state index in [4.69, 9.17) is 25.9 Å². The maximum atomic E-state index is 12.4. The Morgan fingerprint density at radius 2 is 2.05 bits per heavy atom. The highest BCUT2D eigenvalue weighted by Crippen LogP contribution is 2.29. The van der Waals surface area contributed by atoms with Crippen LogP contribution in [0.25, 0.3) is 0 Å². The number of carbonyl (C=O) groups is 1. The van der Waals surface area contributed by atoms with Crippen LogP contribution in [0.5, 0.6) is 5.75 Å². The van der Waals surface area contributed by atoms with Gasteiger partial charge in [0.25, 0.3) is 0 Å². The zero-order valence-electron chi connectivity index (χ0n) is 10.9. The van der Waals surface area contributed by atoms with Gasteiger partial charge in [0.1, 0.15) is 22.2 Å². The number of carboxylic acid groups (broad SMARTS) is 1. The van der Waals surface area contributed by atoms with E-state index in [1.807, 2.05) is 0 Å². The van der Waals surface area contributed by atoms with Crippen LogP contribution in [0.15, 0.2) is 39.6 Å². The highest BCUT2D eigenvalue weighted by molar-refractivity contribution is 7.90. The summed E-state index contributed by atoms with van der Waals surface area (Å²) in [7, 11) is -2.44. The first-order chi connectivity index (χ1) is 9.83. The van der Waals surface area contributed by atoms with Crippen molar-refractivity contribution < 1.29 is 27.5 Å². The largest absolute Gasteiger partial charge is 0.495 e. The number of hydrogen-bond donors (Lipinski definition) is 1. The molecule has 0 unspecified atom stereocenters. The van der Waals surface area contributed by atoms with Crippen LogP contribution >= 0.6 is 11.6 Å². The molecule has 0 spiro atoms. The molecule has 0 fully saturated rings. The zero-order valence-corrected chi connectivity index (χ0v) is 12.4. The molecule has 0 aliphatic heterocycles. The molecular formula is C13H11ClO6S. The van der Waals surface area contributed by atoms with Crippen LogP contribution in [0.3, 0.4) is 0 Å². The summed E-state index contributed by atoms with van der Waals surface area (Å²) >= 11 is 5.81. The lowest BCUT2D eigenvalue weighted by atomic mass is 10.3. The maximum absolute atomic E-state index is 12.4. The van der Waals surface area contributed by atoms with Crippen molar-refractivity contribution in [3.8, 4) is 5.75 Å². The second-order valence-electron chi connectivity index (χ2n) is 4.13. The summed E-state index contributed by atoms with van der Waals surface area (Å²) in [6.07, 6.45) is 0. The Morgan fingerprint density at radius 3 is 2.62 bits per heavy atom. The van der Waals surface area contributed by atoms with E-state index in [1.165, 1.54) is 37.4 Å². The molecule has 0 saturated heterocycles. The first-order valence-corrected chi connectivity index (χ1v) is 7.75. The monoisotopic (exact) mass is 330 g/mol. The number of ether oxygens (including phenoxy) is 1. The minimum absolute atomic E-state index is 0.0226. The lowest BCUT2D eigenvalue weighted by molar-refractivity contribution is 0.0660. The second-order valence-corrected chi connectivity index (χ2v) is 6.52.